The molecule has 2 heterocycles. The smallest absolute Gasteiger partial charge is 0.321 e. The summed E-state index contributed by atoms with van der Waals surface area (Å²) in [6.45, 7) is 3.89. The zero-order valence-electron chi connectivity index (χ0n) is 9.27. The Bertz CT molecular complexity index is 277. The number of ether oxygens (including phenoxy) is 1. The highest BCUT2D eigenvalue weighted by Gasteiger charge is 2.51. The molecule has 15 heavy (non-hydrogen) atoms. The number of aliphatic carboxylic acids is 1. The van der Waals surface area contributed by atoms with Crippen LogP contribution in [0, 0.1) is 11.3 Å². The number of carboxylic acids is 1. The van der Waals surface area contributed by atoms with Crippen LogP contribution in [-0.4, -0.2) is 29.3 Å². The van der Waals surface area contributed by atoms with Crippen molar-refractivity contribution in [2.24, 2.45) is 17.1 Å². The first-order valence-electron chi connectivity index (χ1n) is 5.56. The maximum Gasteiger partial charge on any atom is 0.321 e. The average molecular weight is 213 g/mol. The molecular formula is C11H19NO3. The molecule has 2 aliphatic rings. The van der Waals surface area contributed by atoms with Crippen LogP contribution >= 0.6 is 0 Å². The van der Waals surface area contributed by atoms with Crippen molar-refractivity contribution in [1.29, 1.82) is 0 Å². The Morgan fingerprint density at radius 1 is 1.53 bits per heavy atom. The summed E-state index contributed by atoms with van der Waals surface area (Å²) in [6, 6.07) is -0.801. The second kappa shape index (κ2) is 3.46. The Morgan fingerprint density at radius 3 is 2.60 bits per heavy atom. The van der Waals surface area contributed by atoms with Crippen LogP contribution in [-0.2, 0) is 9.53 Å². The zero-order valence-corrected chi connectivity index (χ0v) is 9.27. The van der Waals surface area contributed by atoms with Crippen LogP contribution in [0.1, 0.15) is 33.1 Å². The minimum atomic E-state index is -0.914. The van der Waals surface area contributed by atoms with Gasteiger partial charge in [-0.15, -0.1) is 0 Å². The standard InChI is InChI=1S/C11H19NO3/c1-11(2,9(12)10(13)14)7-5-6-3-4-8(7)15-6/h6-9H,3-5,12H2,1-2H3,(H,13,14). The lowest BCUT2D eigenvalue weighted by Gasteiger charge is -2.38. The second-order valence-electron chi connectivity index (χ2n) is 5.35. The van der Waals surface area contributed by atoms with Gasteiger partial charge in [-0.2, -0.15) is 0 Å². The Hall–Kier alpha value is -0.610. The van der Waals surface area contributed by atoms with Gasteiger partial charge < -0.3 is 15.6 Å². The van der Waals surface area contributed by atoms with Gasteiger partial charge in [0.05, 0.1) is 12.2 Å². The third-order valence-electron chi connectivity index (χ3n) is 4.13. The predicted octanol–water partition coefficient (Wildman–Crippen LogP) is 0.992. The minimum Gasteiger partial charge on any atom is -0.480 e. The highest BCUT2D eigenvalue weighted by molar-refractivity contribution is 5.74. The van der Waals surface area contributed by atoms with E-state index in [0.717, 1.165) is 19.3 Å². The fourth-order valence-electron chi connectivity index (χ4n) is 2.97. The molecule has 0 saturated carbocycles. The van der Waals surface area contributed by atoms with Gasteiger partial charge >= 0.3 is 5.97 Å². The summed E-state index contributed by atoms with van der Waals surface area (Å²) >= 11 is 0. The van der Waals surface area contributed by atoms with Crippen LogP contribution in [0.3, 0.4) is 0 Å². The summed E-state index contributed by atoms with van der Waals surface area (Å²) in [6.07, 6.45) is 3.74. The lowest BCUT2D eigenvalue weighted by molar-refractivity contribution is -0.142. The van der Waals surface area contributed by atoms with Crippen LogP contribution < -0.4 is 5.73 Å². The van der Waals surface area contributed by atoms with E-state index in [-0.39, 0.29) is 11.5 Å². The molecule has 0 spiro atoms. The second-order valence-corrected chi connectivity index (χ2v) is 5.35. The monoisotopic (exact) mass is 213 g/mol. The lowest BCUT2D eigenvalue weighted by Crippen LogP contribution is -2.50. The van der Waals surface area contributed by atoms with Gasteiger partial charge in [0.25, 0.3) is 0 Å². The van der Waals surface area contributed by atoms with Crippen LogP contribution in [0.25, 0.3) is 0 Å². The number of fused-ring (bicyclic) bond motifs is 2. The number of carboxylic acid groups (broad SMARTS) is 1. The normalized spacial score (nSPS) is 36.9. The Morgan fingerprint density at radius 2 is 2.20 bits per heavy atom. The molecule has 0 radical (unpaired) electrons. The fourth-order valence-corrected chi connectivity index (χ4v) is 2.97. The molecule has 4 atom stereocenters. The highest BCUT2D eigenvalue weighted by atomic mass is 16.5. The van der Waals surface area contributed by atoms with Crippen LogP contribution in [0.2, 0.25) is 0 Å². The van der Waals surface area contributed by atoms with Gasteiger partial charge in [0.2, 0.25) is 0 Å². The highest BCUT2D eigenvalue weighted by Crippen LogP contribution is 2.48. The first-order valence-corrected chi connectivity index (χ1v) is 5.56. The van der Waals surface area contributed by atoms with Crippen molar-refractivity contribution in [1.82, 2.24) is 0 Å². The predicted molar refractivity (Wildman–Crippen MR) is 55.4 cm³/mol. The van der Waals surface area contributed by atoms with Gasteiger partial charge in [-0.3, -0.25) is 4.79 Å². The van der Waals surface area contributed by atoms with Crippen molar-refractivity contribution in [2.45, 2.75) is 51.4 Å². The first kappa shape index (κ1) is 10.9. The summed E-state index contributed by atoms with van der Waals surface area (Å²) < 4.78 is 5.75. The molecule has 0 amide bonds. The van der Waals surface area contributed by atoms with Crippen molar-refractivity contribution in [2.75, 3.05) is 0 Å². The molecule has 0 aromatic carbocycles. The van der Waals surface area contributed by atoms with E-state index in [0.29, 0.717) is 12.0 Å². The number of rotatable bonds is 3. The molecule has 2 aliphatic heterocycles. The van der Waals surface area contributed by atoms with Gasteiger partial charge in [-0.1, -0.05) is 13.8 Å². The van der Waals surface area contributed by atoms with E-state index < -0.39 is 12.0 Å². The summed E-state index contributed by atoms with van der Waals surface area (Å²) in [7, 11) is 0. The molecule has 2 fully saturated rings. The molecule has 2 rings (SSSR count). The van der Waals surface area contributed by atoms with Crippen LogP contribution in [0.15, 0.2) is 0 Å². The van der Waals surface area contributed by atoms with Crippen molar-refractivity contribution in [3.63, 3.8) is 0 Å². The molecule has 0 aromatic heterocycles. The molecule has 4 nitrogen and oxygen atoms in total. The molecule has 0 aromatic rings. The largest absolute Gasteiger partial charge is 0.480 e. The molecular weight excluding hydrogens is 194 g/mol. The SMILES string of the molecule is CC(C)(C(N)C(=O)O)C1CC2CCC1O2. The van der Waals surface area contributed by atoms with Gasteiger partial charge in [0.15, 0.2) is 0 Å². The Balaban J connectivity index is 2.12. The summed E-state index contributed by atoms with van der Waals surface area (Å²) in [4.78, 5) is 10.9. The van der Waals surface area contributed by atoms with Gasteiger partial charge in [-0.05, 0) is 30.6 Å². The Labute approximate surface area is 89.8 Å². The van der Waals surface area contributed by atoms with Gasteiger partial charge in [-0.25, -0.2) is 0 Å². The third kappa shape index (κ3) is 1.66. The van der Waals surface area contributed by atoms with E-state index in [1.54, 1.807) is 0 Å². The quantitative estimate of drug-likeness (QED) is 0.733. The summed E-state index contributed by atoms with van der Waals surface area (Å²) in [5.74, 6) is -0.620. The van der Waals surface area contributed by atoms with E-state index in [1.165, 1.54) is 0 Å². The molecule has 0 aliphatic carbocycles. The lowest BCUT2D eigenvalue weighted by atomic mass is 9.67. The van der Waals surface area contributed by atoms with E-state index in [1.807, 2.05) is 13.8 Å². The summed E-state index contributed by atoms with van der Waals surface area (Å²) in [5.41, 5.74) is 5.37. The first-order chi connectivity index (χ1) is 6.93. The molecule has 2 saturated heterocycles. The Kier molecular flexibility index (Phi) is 2.51. The molecule has 4 unspecified atom stereocenters. The molecule has 2 bridgehead atoms. The van der Waals surface area contributed by atoms with Crippen molar-refractivity contribution in [3.8, 4) is 0 Å². The molecule has 3 N–H and O–H groups in total. The van der Waals surface area contributed by atoms with Crippen molar-refractivity contribution < 1.29 is 14.6 Å². The van der Waals surface area contributed by atoms with E-state index >= 15 is 0 Å². The maximum atomic E-state index is 10.9. The topological polar surface area (TPSA) is 72.6 Å². The van der Waals surface area contributed by atoms with E-state index in [2.05, 4.69) is 0 Å². The molecule has 86 valence electrons. The zero-order chi connectivity index (χ0) is 11.2. The average Bonchev–Trinajstić information content (AvgIpc) is 2.77. The number of carbonyl (C=O) groups is 1. The number of nitrogens with two attached hydrogens (primary N) is 1. The van der Waals surface area contributed by atoms with E-state index in [9.17, 15) is 4.79 Å². The van der Waals surface area contributed by atoms with Crippen LogP contribution in [0.5, 0.6) is 0 Å². The number of hydrogen-bond donors (Lipinski definition) is 2. The van der Waals surface area contributed by atoms with Gasteiger partial charge in [0.1, 0.15) is 6.04 Å². The van der Waals surface area contributed by atoms with Gasteiger partial charge in [0, 0.05) is 0 Å². The maximum absolute atomic E-state index is 10.9. The molecule has 4 heteroatoms. The fraction of sp³-hybridized carbons (Fsp3) is 0.909. The van der Waals surface area contributed by atoms with Crippen molar-refractivity contribution in [3.05, 3.63) is 0 Å². The van der Waals surface area contributed by atoms with Crippen molar-refractivity contribution >= 4 is 5.97 Å². The number of hydrogen-bond acceptors (Lipinski definition) is 3. The third-order valence-corrected chi connectivity index (χ3v) is 4.13. The van der Waals surface area contributed by atoms with E-state index in [4.69, 9.17) is 15.6 Å². The van der Waals surface area contributed by atoms with Crippen LogP contribution in [0.4, 0.5) is 0 Å². The summed E-state index contributed by atoms with van der Waals surface area (Å²) in [5, 5.41) is 8.98. The minimum absolute atomic E-state index is 0.232.